The molecule has 2 aromatic heterocycles. The SMILES string of the molecule is COC(=O)C(C)n1cnc2c(nnn2-c2ccc(Cl)cc2)c1=O. The van der Waals surface area contributed by atoms with Crippen LogP contribution < -0.4 is 5.56 Å². The van der Waals surface area contributed by atoms with Gasteiger partial charge < -0.3 is 4.74 Å². The van der Waals surface area contributed by atoms with Gasteiger partial charge in [-0.1, -0.05) is 16.8 Å². The summed E-state index contributed by atoms with van der Waals surface area (Å²) in [5.41, 5.74) is 0.569. The summed E-state index contributed by atoms with van der Waals surface area (Å²) in [6, 6.07) is 6.07. The lowest BCUT2D eigenvalue weighted by molar-refractivity contribution is -0.144. The molecule has 1 atom stereocenters. The van der Waals surface area contributed by atoms with E-state index in [-0.39, 0.29) is 5.52 Å². The normalized spacial score (nSPS) is 12.3. The highest BCUT2D eigenvalue weighted by Gasteiger charge is 2.20. The van der Waals surface area contributed by atoms with Crippen LogP contribution in [0, 0.1) is 0 Å². The third-order valence-corrected chi connectivity index (χ3v) is 3.67. The molecule has 2 heterocycles. The number of halogens is 1. The molecule has 0 aliphatic carbocycles. The number of ether oxygens (including phenoxy) is 1. The molecule has 0 saturated heterocycles. The molecule has 0 aliphatic heterocycles. The van der Waals surface area contributed by atoms with Crippen molar-refractivity contribution in [2.75, 3.05) is 7.11 Å². The molecule has 0 amide bonds. The van der Waals surface area contributed by atoms with Gasteiger partial charge in [-0.25, -0.2) is 9.78 Å². The predicted molar refractivity (Wildman–Crippen MR) is 82.7 cm³/mol. The highest BCUT2D eigenvalue weighted by Crippen LogP contribution is 2.16. The maximum atomic E-state index is 12.5. The zero-order valence-corrected chi connectivity index (χ0v) is 13.1. The molecule has 118 valence electrons. The first-order valence-electron chi connectivity index (χ1n) is 6.69. The molecule has 3 aromatic rings. The number of methoxy groups -OCH3 is 1. The van der Waals surface area contributed by atoms with Crippen LogP contribution in [-0.2, 0) is 9.53 Å². The Labute approximate surface area is 135 Å². The number of rotatable bonds is 3. The van der Waals surface area contributed by atoms with Gasteiger partial charge in [0, 0.05) is 5.02 Å². The van der Waals surface area contributed by atoms with Gasteiger partial charge in [0.2, 0.25) is 0 Å². The van der Waals surface area contributed by atoms with Crippen molar-refractivity contribution in [1.29, 1.82) is 0 Å². The molecule has 0 spiro atoms. The lowest BCUT2D eigenvalue weighted by Crippen LogP contribution is -2.29. The van der Waals surface area contributed by atoms with Crippen molar-refractivity contribution in [2.24, 2.45) is 0 Å². The molecule has 0 fully saturated rings. The van der Waals surface area contributed by atoms with Crippen molar-refractivity contribution in [2.45, 2.75) is 13.0 Å². The average molecular weight is 334 g/mol. The first kappa shape index (κ1) is 15.2. The molecule has 0 radical (unpaired) electrons. The van der Waals surface area contributed by atoms with Crippen molar-refractivity contribution in [3.63, 3.8) is 0 Å². The standard InChI is InChI=1S/C14H12ClN5O3/c1-8(14(22)23-2)19-7-16-12-11(13(19)21)17-18-20(12)10-5-3-9(15)4-6-10/h3-8H,1-2H3. The van der Waals surface area contributed by atoms with Crippen LogP contribution in [0.4, 0.5) is 0 Å². The number of benzene rings is 1. The molecule has 0 N–H and O–H groups in total. The van der Waals surface area contributed by atoms with E-state index in [9.17, 15) is 9.59 Å². The monoisotopic (exact) mass is 333 g/mol. The molecule has 8 nitrogen and oxygen atoms in total. The van der Waals surface area contributed by atoms with Gasteiger partial charge in [0.05, 0.1) is 12.8 Å². The van der Waals surface area contributed by atoms with Gasteiger partial charge in [0.1, 0.15) is 12.4 Å². The molecular formula is C14H12ClN5O3. The number of esters is 1. The zero-order valence-electron chi connectivity index (χ0n) is 12.3. The van der Waals surface area contributed by atoms with Crippen LogP contribution >= 0.6 is 11.6 Å². The Morgan fingerprint density at radius 2 is 2.00 bits per heavy atom. The van der Waals surface area contributed by atoms with E-state index in [0.717, 1.165) is 4.57 Å². The summed E-state index contributed by atoms with van der Waals surface area (Å²) in [5, 5.41) is 8.41. The van der Waals surface area contributed by atoms with Gasteiger partial charge in [0.15, 0.2) is 11.2 Å². The quantitative estimate of drug-likeness (QED) is 0.672. The van der Waals surface area contributed by atoms with Crippen molar-refractivity contribution in [1.82, 2.24) is 24.5 Å². The fourth-order valence-corrected chi connectivity index (χ4v) is 2.26. The Morgan fingerprint density at radius 3 is 2.65 bits per heavy atom. The minimum absolute atomic E-state index is 0.0678. The van der Waals surface area contributed by atoms with E-state index >= 15 is 0 Å². The second-order valence-electron chi connectivity index (χ2n) is 4.81. The van der Waals surface area contributed by atoms with E-state index in [1.54, 1.807) is 31.2 Å². The minimum Gasteiger partial charge on any atom is -0.467 e. The lowest BCUT2D eigenvalue weighted by atomic mass is 10.3. The third-order valence-electron chi connectivity index (χ3n) is 3.42. The number of aromatic nitrogens is 5. The van der Waals surface area contributed by atoms with Crippen LogP contribution in [-0.4, -0.2) is 37.6 Å². The van der Waals surface area contributed by atoms with Crippen molar-refractivity contribution in [3.8, 4) is 5.69 Å². The largest absolute Gasteiger partial charge is 0.467 e. The van der Waals surface area contributed by atoms with Crippen molar-refractivity contribution >= 4 is 28.7 Å². The van der Waals surface area contributed by atoms with E-state index in [1.807, 2.05) is 0 Å². The summed E-state index contributed by atoms with van der Waals surface area (Å²) >= 11 is 5.86. The third kappa shape index (κ3) is 2.57. The van der Waals surface area contributed by atoms with E-state index in [2.05, 4.69) is 20.0 Å². The first-order chi connectivity index (χ1) is 11.0. The van der Waals surface area contributed by atoms with Crippen LogP contribution in [0.25, 0.3) is 16.9 Å². The first-order valence-corrected chi connectivity index (χ1v) is 7.07. The second kappa shape index (κ2) is 5.81. The fourth-order valence-electron chi connectivity index (χ4n) is 2.14. The Kier molecular flexibility index (Phi) is 3.83. The van der Waals surface area contributed by atoms with Crippen LogP contribution in [0.5, 0.6) is 0 Å². The lowest BCUT2D eigenvalue weighted by Gasteiger charge is -2.11. The molecule has 0 aliphatic rings. The highest BCUT2D eigenvalue weighted by atomic mass is 35.5. The number of nitrogens with zero attached hydrogens (tertiary/aromatic N) is 5. The Morgan fingerprint density at radius 1 is 1.30 bits per heavy atom. The van der Waals surface area contributed by atoms with Gasteiger partial charge >= 0.3 is 5.97 Å². The van der Waals surface area contributed by atoms with Gasteiger partial charge in [0.25, 0.3) is 5.56 Å². The zero-order chi connectivity index (χ0) is 16.6. The number of hydrogen-bond acceptors (Lipinski definition) is 6. The summed E-state index contributed by atoms with van der Waals surface area (Å²) in [6.07, 6.45) is 1.28. The molecule has 0 bridgehead atoms. The van der Waals surface area contributed by atoms with E-state index in [4.69, 9.17) is 11.6 Å². The maximum absolute atomic E-state index is 12.5. The van der Waals surface area contributed by atoms with Gasteiger partial charge in [-0.3, -0.25) is 9.36 Å². The molecule has 3 rings (SSSR count). The highest BCUT2D eigenvalue weighted by molar-refractivity contribution is 6.30. The van der Waals surface area contributed by atoms with E-state index in [0.29, 0.717) is 16.4 Å². The molecule has 0 saturated carbocycles. The van der Waals surface area contributed by atoms with E-state index < -0.39 is 17.6 Å². The van der Waals surface area contributed by atoms with Gasteiger partial charge in [-0.05, 0) is 31.2 Å². The number of carbonyl (C=O) groups is 1. The van der Waals surface area contributed by atoms with Crippen molar-refractivity contribution < 1.29 is 9.53 Å². The predicted octanol–water partition coefficient (Wildman–Crippen LogP) is 1.36. The molecular weight excluding hydrogens is 322 g/mol. The topological polar surface area (TPSA) is 91.9 Å². The molecule has 9 heteroatoms. The number of hydrogen-bond donors (Lipinski definition) is 0. The Bertz CT molecular complexity index is 932. The number of fused-ring (bicyclic) bond motifs is 1. The average Bonchev–Trinajstić information content (AvgIpc) is 2.99. The Balaban J connectivity index is 2.13. The summed E-state index contributed by atoms with van der Waals surface area (Å²) < 4.78 is 7.23. The summed E-state index contributed by atoms with van der Waals surface area (Å²) in [5.74, 6) is -0.543. The van der Waals surface area contributed by atoms with Gasteiger partial charge in [-0.2, -0.15) is 4.68 Å². The summed E-state index contributed by atoms with van der Waals surface area (Å²) in [7, 11) is 1.26. The minimum atomic E-state index is -0.801. The smallest absolute Gasteiger partial charge is 0.328 e. The molecule has 23 heavy (non-hydrogen) atoms. The van der Waals surface area contributed by atoms with Crippen LogP contribution in [0.2, 0.25) is 5.02 Å². The Hall–Kier alpha value is -2.74. The second-order valence-corrected chi connectivity index (χ2v) is 5.24. The van der Waals surface area contributed by atoms with Crippen LogP contribution in [0.3, 0.4) is 0 Å². The van der Waals surface area contributed by atoms with E-state index in [1.165, 1.54) is 18.1 Å². The van der Waals surface area contributed by atoms with Gasteiger partial charge in [-0.15, -0.1) is 5.10 Å². The van der Waals surface area contributed by atoms with Crippen molar-refractivity contribution in [3.05, 3.63) is 46.0 Å². The summed E-state index contributed by atoms with van der Waals surface area (Å²) in [4.78, 5) is 28.3. The van der Waals surface area contributed by atoms with Crippen LogP contribution in [0.1, 0.15) is 13.0 Å². The molecule has 1 unspecified atom stereocenters. The van der Waals surface area contributed by atoms with Crippen LogP contribution in [0.15, 0.2) is 35.4 Å². The molecule has 1 aromatic carbocycles. The fraction of sp³-hybridized carbons (Fsp3) is 0.214. The number of carbonyl (C=O) groups excluding carboxylic acids is 1. The summed E-state index contributed by atoms with van der Waals surface area (Å²) in [6.45, 7) is 1.55. The maximum Gasteiger partial charge on any atom is 0.328 e.